The monoisotopic (exact) mass is 352 g/mol. The maximum Gasteiger partial charge on any atom is 0.262 e. The van der Waals surface area contributed by atoms with E-state index in [4.69, 9.17) is 21.7 Å². The van der Waals surface area contributed by atoms with Crippen molar-refractivity contribution in [3.05, 3.63) is 39.4 Å². The van der Waals surface area contributed by atoms with Crippen LogP contribution in [0.3, 0.4) is 0 Å². The molecule has 24 heavy (non-hydrogen) atoms. The second kappa shape index (κ2) is 7.92. The topological polar surface area (TPSA) is 76.5 Å². The molecule has 1 aliphatic heterocycles. The third-order valence-electron chi connectivity index (χ3n) is 3.69. The van der Waals surface area contributed by atoms with Gasteiger partial charge in [-0.2, -0.15) is 0 Å². The number of rotatable bonds is 6. The van der Waals surface area contributed by atoms with Gasteiger partial charge in [-0.25, -0.2) is 0 Å². The zero-order valence-corrected chi connectivity index (χ0v) is 14.9. The minimum Gasteiger partial charge on any atom is -0.494 e. The van der Waals surface area contributed by atoms with E-state index in [-0.39, 0.29) is 27.9 Å². The number of H-pyrrole nitrogens is 1. The zero-order valence-electron chi connectivity index (χ0n) is 14.1. The van der Waals surface area contributed by atoms with Crippen molar-refractivity contribution in [3.8, 4) is 5.88 Å². The predicted octanol–water partition coefficient (Wildman–Crippen LogP) is 2.99. The Hall–Kier alpha value is -1.70. The smallest absolute Gasteiger partial charge is 0.262 e. The number of nitrogens with zero attached hydrogens (tertiary/aromatic N) is 1. The van der Waals surface area contributed by atoms with Crippen LogP contribution in [0.2, 0.25) is 0 Å². The molecule has 0 radical (unpaired) electrons. The van der Waals surface area contributed by atoms with Crippen molar-refractivity contribution < 1.29 is 14.6 Å². The Morgan fingerprint density at radius 3 is 2.75 bits per heavy atom. The number of hydrogen-bond donors (Lipinski definition) is 2. The lowest BCUT2D eigenvalue weighted by molar-refractivity contribution is -0.223. The second-order valence-electron chi connectivity index (χ2n) is 6.59. The lowest BCUT2D eigenvalue weighted by Gasteiger charge is -2.34. The molecule has 0 aliphatic carbocycles. The van der Waals surface area contributed by atoms with Crippen molar-refractivity contribution in [3.63, 3.8) is 0 Å². The molecule has 132 valence electrons. The zero-order chi connectivity index (χ0) is 17.7. The molecule has 1 aromatic rings. The first-order valence-corrected chi connectivity index (χ1v) is 8.31. The molecule has 0 saturated carbocycles. The number of nitrogens with one attached hydrogen (secondary N) is 1. The summed E-state index contributed by atoms with van der Waals surface area (Å²) in [5.41, 5.74) is -0.186. The minimum absolute atomic E-state index is 0.0517. The molecule has 0 spiro atoms. The van der Waals surface area contributed by atoms with Crippen LogP contribution in [0, 0.1) is 10.2 Å². The highest BCUT2D eigenvalue weighted by atomic mass is 32.1. The summed E-state index contributed by atoms with van der Waals surface area (Å²) in [6.45, 7) is 9.47. The quantitative estimate of drug-likeness (QED) is 0.608. The van der Waals surface area contributed by atoms with Crippen molar-refractivity contribution in [2.24, 2.45) is 5.41 Å². The van der Waals surface area contributed by atoms with E-state index in [0.717, 1.165) is 0 Å². The molecule has 2 N–H and O–H groups in total. The van der Waals surface area contributed by atoms with E-state index in [1.165, 1.54) is 4.57 Å². The van der Waals surface area contributed by atoms with Crippen LogP contribution in [-0.4, -0.2) is 34.2 Å². The molecule has 0 aromatic carbocycles. The number of ether oxygens (including phenoxy) is 2. The van der Waals surface area contributed by atoms with Crippen LogP contribution in [0.1, 0.15) is 32.3 Å². The van der Waals surface area contributed by atoms with Crippen LogP contribution in [0.5, 0.6) is 5.88 Å². The van der Waals surface area contributed by atoms with E-state index in [9.17, 15) is 9.90 Å². The Balaban J connectivity index is 2.00. The van der Waals surface area contributed by atoms with Gasteiger partial charge in [0.1, 0.15) is 0 Å². The molecule has 1 aromatic heterocycles. The fourth-order valence-corrected chi connectivity index (χ4v) is 2.60. The molecule has 6 nitrogen and oxygen atoms in total. The Morgan fingerprint density at radius 1 is 1.46 bits per heavy atom. The van der Waals surface area contributed by atoms with Gasteiger partial charge >= 0.3 is 0 Å². The SMILES string of the molecule is C=CCn1c(O)c(C=CCCC2OCC(C)(C)CO2)c(=O)[nH]c1=S. The lowest BCUT2D eigenvalue weighted by Crippen LogP contribution is -2.37. The van der Waals surface area contributed by atoms with E-state index in [2.05, 4.69) is 25.4 Å². The molecule has 0 amide bonds. The molecular weight excluding hydrogens is 328 g/mol. The van der Waals surface area contributed by atoms with Gasteiger partial charge in [0.05, 0.1) is 18.8 Å². The molecule has 1 fully saturated rings. The van der Waals surface area contributed by atoms with Gasteiger partial charge in [0.15, 0.2) is 11.1 Å². The van der Waals surface area contributed by atoms with Crippen LogP contribution < -0.4 is 5.56 Å². The number of allylic oxidation sites excluding steroid dienone is 2. The maximum absolute atomic E-state index is 12.0. The van der Waals surface area contributed by atoms with Crippen molar-refractivity contribution in [1.29, 1.82) is 0 Å². The lowest BCUT2D eigenvalue weighted by atomic mass is 9.95. The molecule has 1 saturated heterocycles. The maximum atomic E-state index is 12.0. The van der Waals surface area contributed by atoms with Gasteiger partial charge in [0.2, 0.25) is 5.88 Å². The fraction of sp³-hybridized carbons (Fsp3) is 0.529. The van der Waals surface area contributed by atoms with Gasteiger partial charge in [-0.1, -0.05) is 26.0 Å². The fourth-order valence-electron chi connectivity index (χ4n) is 2.35. The first kappa shape index (κ1) is 18.6. The standard InChI is InChI=1S/C17H24N2O4S/c1-4-9-19-15(21)12(14(20)18-16(19)24)7-5-6-8-13-22-10-17(2,3)11-23-13/h4-5,7,13,21H,1,6,8-11H2,2-3H3,(H,18,20,24). The molecule has 0 bridgehead atoms. The van der Waals surface area contributed by atoms with Gasteiger partial charge in [0, 0.05) is 18.4 Å². The highest BCUT2D eigenvalue weighted by molar-refractivity contribution is 7.71. The third kappa shape index (κ3) is 4.66. The predicted molar refractivity (Wildman–Crippen MR) is 95.5 cm³/mol. The Morgan fingerprint density at radius 2 is 2.12 bits per heavy atom. The van der Waals surface area contributed by atoms with Crippen molar-refractivity contribution >= 4 is 18.3 Å². The van der Waals surface area contributed by atoms with Crippen LogP contribution in [0.15, 0.2) is 23.5 Å². The second-order valence-corrected chi connectivity index (χ2v) is 6.98. The average Bonchev–Trinajstić information content (AvgIpc) is 2.52. The highest BCUT2D eigenvalue weighted by Gasteiger charge is 2.27. The Labute approximate surface area is 146 Å². The summed E-state index contributed by atoms with van der Waals surface area (Å²) in [6.07, 6.45) is 6.14. The summed E-state index contributed by atoms with van der Waals surface area (Å²) in [5.74, 6) is -0.160. The largest absolute Gasteiger partial charge is 0.494 e. The van der Waals surface area contributed by atoms with Gasteiger partial charge < -0.3 is 14.6 Å². The number of aromatic nitrogens is 2. The van der Waals surface area contributed by atoms with Gasteiger partial charge in [-0.05, 0) is 24.7 Å². The van der Waals surface area contributed by atoms with Crippen molar-refractivity contribution in [2.75, 3.05) is 13.2 Å². The van der Waals surface area contributed by atoms with E-state index in [1.54, 1.807) is 12.2 Å². The highest BCUT2D eigenvalue weighted by Crippen LogP contribution is 2.24. The van der Waals surface area contributed by atoms with Gasteiger partial charge in [-0.15, -0.1) is 6.58 Å². The van der Waals surface area contributed by atoms with E-state index < -0.39 is 5.56 Å². The number of aromatic amines is 1. The Bertz CT molecular complexity index is 723. The minimum atomic E-state index is -0.416. The average molecular weight is 352 g/mol. The summed E-state index contributed by atoms with van der Waals surface area (Å²) in [4.78, 5) is 14.5. The third-order valence-corrected chi connectivity index (χ3v) is 4.01. The summed E-state index contributed by atoms with van der Waals surface area (Å²) < 4.78 is 12.9. The number of aromatic hydroxyl groups is 1. The van der Waals surface area contributed by atoms with Crippen LogP contribution in [0.4, 0.5) is 0 Å². The molecule has 1 aliphatic rings. The molecular formula is C17H24N2O4S. The Kier molecular flexibility index (Phi) is 6.15. The van der Waals surface area contributed by atoms with Gasteiger partial charge in [-0.3, -0.25) is 14.3 Å². The van der Waals surface area contributed by atoms with E-state index in [0.29, 0.717) is 32.6 Å². The molecule has 0 atom stereocenters. The van der Waals surface area contributed by atoms with Gasteiger partial charge in [0.25, 0.3) is 5.56 Å². The van der Waals surface area contributed by atoms with Crippen LogP contribution in [-0.2, 0) is 16.0 Å². The molecule has 7 heteroatoms. The molecule has 2 rings (SSSR count). The summed E-state index contributed by atoms with van der Waals surface area (Å²) in [5, 5.41) is 10.2. The number of hydrogen-bond acceptors (Lipinski definition) is 5. The first-order chi connectivity index (χ1) is 11.3. The van der Waals surface area contributed by atoms with Crippen molar-refractivity contribution in [2.45, 2.75) is 39.5 Å². The van der Waals surface area contributed by atoms with E-state index >= 15 is 0 Å². The van der Waals surface area contributed by atoms with E-state index in [1.807, 2.05) is 6.08 Å². The summed E-state index contributed by atoms with van der Waals surface area (Å²) in [7, 11) is 0. The van der Waals surface area contributed by atoms with Crippen LogP contribution in [0.25, 0.3) is 6.08 Å². The van der Waals surface area contributed by atoms with Crippen molar-refractivity contribution in [1.82, 2.24) is 9.55 Å². The first-order valence-electron chi connectivity index (χ1n) is 7.91. The molecule has 0 unspecified atom stereocenters. The summed E-state index contributed by atoms with van der Waals surface area (Å²) >= 11 is 5.03. The normalized spacial score (nSPS) is 18.1. The van der Waals surface area contributed by atoms with Crippen LogP contribution >= 0.6 is 12.2 Å². The summed E-state index contributed by atoms with van der Waals surface area (Å²) in [6, 6.07) is 0. The molecule has 2 heterocycles.